The summed E-state index contributed by atoms with van der Waals surface area (Å²) in [5, 5.41) is 0. The third kappa shape index (κ3) is 4.89. The molecule has 1 unspecified atom stereocenters. The van der Waals surface area contributed by atoms with Crippen LogP contribution >= 0.6 is 26.2 Å². The Morgan fingerprint density at radius 2 is 2.00 bits per heavy atom. The molecule has 10 heavy (non-hydrogen) atoms. The molecular weight excluding hydrogens is 219 g/mol. The molecule has 0 aliphatic carbocycles. The zero-order valence-corrected chi connectivity index (χ0v) is 8.49. The molecular formula is C5H10BrO3P. The fourth-order valence-electron chi connectivity index (χ4n) is 0.295. The lowest BCUT2D eigenvalue weighted by Gasteiger charge is -1.95. The lowest BCUT2D eigenvalue weighted by Crippen LogP contribution is -2.17. The summed E-state index contributed by atoms with van der Waals surface area (Å²) in [4.78, 5) is 20.8. The van der Waals surface area contributed by atoms with Crippen LogP contribution in [0.15, 0.2) is 0 Å². The average Bonchev–Trinajstić information content (AvgIpc) is 1.87. The third-order valence-corrected chi connectivity index (χ3v) is 1.06. The number of carbonyl (C=O) groups excluding carboxylic acids is 2. The fraction of sp³-hybridized carbons (Fsp3) is 0.600. The van der Waals surface area contributed by atoms with Crippen molar-refractivity contribution in [1.82, 2.24) is 0 Å². The predicted molar refractivity (Wildman–Crippen MR) is 46.5 cm³/mol. The molecule has 0 aromatic carbocycles. The maximum absolute atomic E-state index is 10.4. The van der Waals surface area contributed by atoms with Gasteiger partial charge in [0.05, 0.1) is 6.61 Å². The Kier molecular flexibility index (Phi) is 9.10. The van der Waals surface area contributed by atoms with Crippen LogP contribution in [-0.2, 0) is 14.3 Å². The first-order chi connectivity index (χ1) is 4.22. The van der Waals surface area contributed by atoms with Crippen LogP contribution < -0.4 is 0 Å². The van der Waals surface area contributed by atoms with E-state index in [-0.39, 0.29) is 29.8 Å². The zero-order chi connectivity index (χ0) is 7.28. The molecule has 0 saturated heterocycles. The van der Waals surface area contributed by atoms with E-state index in [0.717, 1.165) is 0 Å². The molecule has 0 aliphatic heterocycles. The molecule has 5 heteroatoms. The third-order valence-electron chi connectivity index (χ3n) is 0.688. The first kappa shape index (κ1) is 12.7. The van der Waals surface area contributed by atoms with Gasteiger partial charge in [0.1, 0.15) is 0 Å². The van der Waals surface area contributed by atoms with Gasteiger partial charge in [-0.25, -0.2) is 4.79 Å². The molecule has 0 radical (unpaired) electrons. The average molecular weight is 229 g/mol. The van der Waals surface area contributed by atoms with Crippen molar-refractivity contribution in [1.29, 1.82) is 0 Å². The minimum atomic E-state index is -0.743. The highest BCUT2D eigenvalue weighted by molar-refractivity contribution is 8.93. The van der Waals surface area contributed by atoms with E-state index in [4.69, 9.17) is 0 Å². The Morgan fingerprint density at radius 1 is 1.50 bits per heavy atom. The quantitative estimate of drug-likeness (QED) is 0.403. The minimum Gasteiger partial charge on any atom is -0.460 e. The van der Waals surface area contributed by atoms with Crippen LogP contribution in [0.1, 0.15) is 6.92 Å². The molecule has 3 nitrogen and oxygen atoms in total. The van der Waals surface area contributed by atoms with E-state index in [1.165, 1.54) is 0 Å². The number of rotatable bonds is 3. The van der Waals surface area contributed by atoms with Crippen LogP contribution in [0.5, 0.6) is 0 Å². The maximum Gasteiger partial charge on any atom is 0.374 e. The number of Topliss-reactive ketones (excluding diaryl/α,β-unsaturated/α-hetero) is 1. The maximum atomic E-state index is 10.4. The first-order valence-corrected chi connectivity index (χ1v) is 3.44. The van der Waals surface area contributed by atoms with Crippen molar-refractivity contribution in [3.63, 3.8) is 0 Å². The van der Waals surface area contributed by atoms with E-state index in [9.17, 15) is 9.59 Å². The summed E-state index contributed by atoms with van der Waals surface area (Å²) in [6.07, 6.45) is 0.138. The monoisotopic (exact) mass is 228 g/mol. The molecule has 0 aliphatic rings. The molecule has 0 heterocycles. The Morgan fingerprint density at radius 3 is 2.30 bits per heavy atom. The largest absolute Gasteiger partial charge is 0.460 e. The molecule has 0 bridgehead atoms. The van der Waals surface area contributed by atoms with Crippen molar-refractivity contribution < 1.29 is 14.3 Å². The second-order valence-electron chi connectivity index (χ2n) is 1.35. The number of hydrogen-bond donors (Lipinski definition) is 0. The lowest BCUT2D eigenvalue weighted by atomic mass is 10.5. The second-order valence-corrected chi connectivity index (χ2v) is 1.76. The van der Waals surface area contributed by atoms with Crippen molar-refractivity contribution in [3.8, 4) is 0 Å². The van der Waals surface area contributed by atoms with Gasteiger partial charge in [0.25, 0.3) is 0 Å². The van der Waals surface area contributed by atoms with Crippen molar-refractivity contribution in [2.24, 2.45) is 0 Å². The van der Waals surface area contributed by atoms with Crippen molar-refractivity contribution >= 4 is 38.0 Å². The summed E-state index contributed by atoms with van der Waals surface area (Å²) in [6, 6.07) is 0. The van der Waals surface area contributed by atoms with Crippen molar-refractivity contribution in [3.05, 3.63) is 0 Å². The summed E-state index contributed by atoms with van der Waals surface area (Å²) in [6.45, 7) is 1.92. The highest BCUT2D eigenvalue weighted by atomic mass is 79.9. The lowest BCUT2D eigenvalue weighted by molar-refractivity contribution is -0.152. The van der Waals surface area contributed by atoms with E-state index in [0.29, 0.717) is 0 Å². The summed E-state index contributed by atoms with van der Waals surface area (Å²) < 4.78 is 4.39. The van der Waals surface area contributed by atoms with Gasteiger partial charge in [-0.05, 0) is 6.92 Å². The smallest absolute Gasteiger partial charge is 0.374 e. The molecule has 0 N–H and O–H groups in total. The normalized spacial score (nSPS) is 7.80. The molecule has 1 atom stereocenters. The molecule has 0 saturated carbocycles. The van der Waals surface area contributed by atoms with Crippen molar-refractivity contribution in [2.75, 3.05) is 12.8 Å². The second kappa shape index (κ2) is 7.16. The van der Waals surface area contributed by atoms with Gasteiger partial charge in [-0.1, -0.05) is 0 Å². The van der Waals surface area contributed by atoms with E-state index in [2.05, 4.69) is 14.0 Å². The van der Waals surface area contributed by atoms with Crippen molar-refractivity contribution in [2.45, 2.75) is 6.92 Å². The van der Waals surface area contributed by atoms with Gasteiger partial charge in [0.2, 0.25) is 5.78 Å². The number of esters is 1. The molecule has 0 spiro atoms. The number of carbonyl (C=O) groups is 2. The molecule has 0 aromatic heterocycles. The minimum absolute atomic E-state index is 0. The van der Waals surface area contributed by atoms with Crippen LogP contribution in [0, 0.1) is 0 Å². The van der Waals surface area contributed by atoms with E-state index >= 15 is 0 Å². The summed E-state index contributed by atoms with van der Waals surface area (Å²) in [7, 11) is 2.16. The van der Waals surface area contributed by atoms with Crippen LogP contribution in [0.4, 0.5) is 0 Å². The Balaban J connectivity index is 0. The fourth-order valence-corrected chi connectivity index (χ4v) is 0.462. The van der Waals surface area contributed by atoms with Gasteiger partial charge in [0, 0.05) is 6.16 Å². The molecule has 60 valence electrons. The van der Waals surface area contributed by atoms with Gasteiger partial charge < -0.3 is 4.74 Å². The molecule has 0 aromatic rings. The number of ether oxygens (including phenoxy) is 1. The standard InChI is InChI=1S/C5H9O3P.BrH/c1-2-8-5(7)4(6)3-9;/h2-3,9H2,1H3;1H. The van der Waals surface area contributed by atoms with Gasteiger partial charge in [0.15, 0.2) is 0 Å². The number of halogens is 1. The van der Waals surface area contributed by atoms with Gasteiger partial charge >= 0.3 is 5.97 Å². The Hall–Kier alpha value is 0.0500. The van der Waals surface area contributed by atoms with Crippen LogP contribution in [-0.4, -0.2) is 24.5 Å². The highest BCUT2D eigenvalue weighted by Gasteiger charge is 2.10. The molecule has 0 fully saturated rings. The zero-order valence-electron chi connectivity index (χ0n) is 5.62. The SMILES string of the molecule is Br.CCOC(=O)C(=O)CP. The number of ketones is 1. The topological polar surface area (TPSA) is 43.4 Å². The van der Waals surface area contributed by atoms with E-state index in [1.807, 2.05) is 0 Å². The van der Waals surface area contributed by atoms with Crippen LogP contribution in [0.25, 0.3) is 0 Å². The van der Waals surface area contributed by atoms with Gasteiger partial charge in [-0.2, -0.15) is 0 Å². The van der Waals surface area contributed by atoms with Crippen LogP contribution in [0.2, 0.25) is 0 Å². The summed E-state index contributed by atoms with van der Waals surface area (Å²) >= 11 is 0. The van der Waals surface area contributed by atoms with E-state index in [1.54, 1.807) is 6.92 Å². The first-order valence-electron chi connectivity index (χ1n) is 2.62. The Bertz CT molecular complexity index is 126. The molecule has 0 amide bonds. The predicted octanol–water partition coefficient (Wildman–Crippen LogP) is 0.572. The van der Waals surface area contributed by atoms with Gasteiger partial charge in [-0.3, -0.25) is 4.79 Å². The van der Waals surface area contributed by atoms with Gasteiger partial charge in [-0.15, -0.1) is 26.2 Å². The molecule has 0 rings (SSSR count). The van der Waals surface area contributed by atoms with Crippen LogP contribution in [0.3, 0.4) is 0 Å². The highest BCUT2D eigenvalue weighted by Crippen LogP contribution is 1.86. The summed E-state index contributed by atoms with van der Waals surface area (Å²) in [5.74, 6) is -1.24. The van der Waals surface area contributed by atoms with E-state index < -0.39 is 11.8 Å². The summed E-state index contributed by atoms with van der Waals surface area (Å²) in [5.41, 5.74) is 0. The number of hydrogen-bond acceptors (Lipinski definition) is 3. The Labute approximate surface area is 72.5 Å².